The molecule has 0 spiro atoms. The lowest BCUT2D eigenvalue weighted by atomic mass is 9.43. The van der Waals surface area contributed by atoms with Gasteiger partial charge in [0.1, 0.15) is 0 Å². The highest BCUT2D eigenvalue weighted by Gasteiger charge is 2.61. The summed E-state index contributed by atoms with van der Waals surface area (Å²) < 4.78 is 0. The third-order valence-electron chi connectivity index (χ3n) is 10.8. The van der Waals surface area contributed by atoms with Crippen LogP contribution in [0.4, 0.5) is 0 Å². The molecule has 2 N–H and O–H groups in total. The minimum Gasteiger partial charge on any atom is -0.393 e. The number of aliphatic hydroxyl groups is 2. The highest BCUT2D eigenvalue weighted by atomic mass is 16.3. The Balaban J connectivity index is 1.50. The molecule has 4 rings (SSSR count). The molecule has 0 heterocycles. The van der Waals surface area contributed by atoms with Crippen molar-refractivity contribution in [3.63, 3.8) is 0 Å². The first-order chi connectivity index (χ1) is 13.1. The molecule has 4 fully saturated rings. The topological polar surface area (TPSA) is 40.5 Å². The van der Waals surface area contributed by atoms with Crippen LogP contribution in [0.5, 0.6) is 0 Å². The summed E-state index contributed by atoms with van der Waals surface area (Å²) >= 11 is 0. The second kappa shape index (κ2) is 7.26. The molecule has 0 amide bonds. The fraction of sp³-hybridized carbons (Fsp3) is 1.00. The first kappa shape index (κ1) is 21.2. The lowest BCUT2D eigenvalue weighted by Crippen LogP contribution is -2.55. The Hall–Kier alpha value is -0.0800. The summed E-state index contributed by atoms with van der Waals surface area (Å²) in [5.74, 6) is 5.09. The molecule has 0 unspecified atom stereocenters. The van der Waals surface area contributed by atoms with Gasteiger partial charge in [0.25, 0.3) is 0 Å². The van der Waals surface area contributed by atoms with Gasteiger partial charge in [0.05, 0.1) is 11.7 Å². The van der Waals surface area contributed by atoms with E-state index in [1.54, 1.807) is 0 Å². The summed E-state index contributed by atoms with van der Waals surface area (Å²) in [6.45, 7) is 11.7. The third kappa shape index (κ3) is 3.39. The van der Waals surface area contributed by atoms with Crippen LogP contribution in [0.1, 0.15) is 105 Å². The average Bonchev–Trinajstić information content (AvgIpc) is 2.97. The maximum atomic E-state index is 10.7. The lowest BCUT2D eigenvalue weighted by molar-refractivity contribution is -0.148. The quantitative estimate of drug-likeness (QED) is 0.600. The van der Waals surface area contributed by atoms with E-state index in [9.17, 15) is 10.2 Å². The molecule has 4 aliphatic carbocycles. The number of fused-ring (bicyclic) bond motifs is 5. The van der Waals surface area contributed by atoms with Gasteiger partial charge in [-0.05, 0) is 131 Å². The van der Waals surface area contributed by atoms with Gasteiger partial charge >= 0.3 is 0 Å². The maximum Gasteiger partial charge on any atom is 0.0622 e. The van der Waals surface area contributed by atoms with E-state index in [1.807, 2.05) is 6.92 Å². The van der Waals surface area contributed by atoms with Crippen LogP contribution in [0.2, 0.25) is 0 Å². The van der Waals surface area contributed by atoms with Crippen LogP contribution in [0.15, 0.2) is 0 Å². The third-order valence-corrected chi connectivity index (χ3v) is 10.8. The van der Waals surface area contributed by atoms with Crippen LogP contribution in [-0.2, 0) is 0 Å². The molecule has 0 saturated heterocycles. The van der Waals surface area contributed by atoms with Crippen LogP contribution in [0.3, 0.4) is 0 Å². The largest absolute Gasteiger partial charge is 0.393 e. The Kier molecular flexibility index (Phi) is 5.49. The van der Waals surface area contributed by atoms with Crippen molar-refractivity contribution in [2.75, 3.05) is 0 Å². The minimum atomic E-state index is -0.419. The molecule has 0 aliphatic heterocycles. The molecule has 10 atom stereocenters. The standard InChI is InChI=1S/C26H46O2/c1-17(6-7-18(2)27)21-10-11-22-20-9-8-19-16-24(3,28)14-15-25(19,4)23(20)12-13-26(21,22)5/h17-23,27-28H,6-16H2,1-5H3/t17-,18+,19-,20+,21-,22+,23+,24+,25+,26-/m1/s1. The Bertz CT molecular complexity index is 569. The zero-order chi connectivity index (χ0) is 20.3. The summed E-state index contributed by atoms with van der Waals surface area (Å²) in [5.41, 5.74) is 0.586. The van der Waals surface area contributed by atoms with Crippen LogP contribution in [0, 0.1) is 46.3 Å². The van der Waals surface area contributed by atoms with Crippen LogP contribution in [-0.4, -0.2) is 21.9 Å². The summed E-state index contributed by atoms with van der Waals surface area (Å²) in [6, 6.07) is 0. The molecular weight excluding hydrogens is 344 g/mol. The summed E-state index contributed by atoms with van der Waals surface area (Å²) in [4.78, 5) is 0. The van der Waals surface area contributed by atoms with Crippen molar-refractivity contribution in [2.24, 2.45) is 46.3 Å². The molecule has 0 bridgehead atoms. The second-order valence-corrected chi connectivity index (χ2v) is 12.5. The van der Waals surface area contributed by atoms with E-state index < -0.39 is 5.60 Å². The van der Waals surface area contributed by atoms with Gasteiger partial charge in [-0.1, -0.05) is 20.8 Å². The Morgan fingerprint density at radius 3 is 2.25 bits per heavy atom. The number of hydrogen-bond donors (Lipinski definition) is 2. The normalized spacial score (nSPS) is 53.0. The van der Waals surface area contributed by atoms with E-state index in [1.165, 1.54) is 51.4 Å². The van der Waals surface area contributed by atoms with Crippen LogP contribution >= 0.6 is 0 Å². The maximum absolute atomic E-state index is 10.7. The zero-order valence-corrected chi connectivity index (χ0v) is 19.2. The van der Waals surface area contributed by atoms with Crippen LogP contribution < -0.4 is 0 Å². The van der Waals surface area contributed by atoms with E-state index in [-0.39, 0.29) is 6.10 Å². The van der Waals surface area contributed by atoms with Crippen molar-refractivity contribution < 1.29 is 10.2 Å². The highest BCUT2D eigenvalue weighted by Crippen LogP contribution is 2.68. The molecular formula is C26H46O2. The van der Waals surface area contributed by atoms with Gasteiger partial charge in [-0.3, -0.25) is 0 Å². The van der Waals surface area contributed by atoms with Gasteiger partial charge in [0.15, 0.2) is 0 Å². The SMILES string of the molecule is C[C@H](O)CC[C@@H](C)[C@H]1CC[C@H]2[C@@H]3CC[C@@H]4C[C@@](C)(O)CC[C@]4(C)[C@H]3CC[C@]12C. The minimum absolute atomic E-state index is 0.151. The van der Waals surface area contributed by atoms with Gasteiger partial charge in [-0.2, -0.15) is 0 Å². The van der Waals surface area contributed by atoms with E-state index in [2.05, 4.69) is 27.7 Å². The lowest BCUT2D eigenvalue weighted by Gasteiger charge is -2.62. The molecule has 2 heteroatoms. The van der Waals surface area contributed by atoms with Gasteiger partial charge in [0.2, 0.25) is 0 Å². The molecule has 4 aliphatic rings. The zero-order valence-electron chi connectivity index (χ0n) is 19.2. The predicted molar refractivity (Wildman–Crippen MR) is 116 cm³/mol. The number of aliphatic hydroxyl groups excluding tert-OH is 1. The Labute approximate surface area is 173 Å². The molecule has 0 aromatic rings. The average molecular weight is 391 g/mol. The van der Waals surface area contributed by atoms with E-state index >= 15 is 0 Å². The smallest absolute Gasteiger partial charge is 0.0622 e. The summed E-state index contributed by atoms with van der Waals surface area (Å²) in [6.07, 6.45) is 13.7. The Morgan fingerprint density at radius 2 is 1.54 bits per heavy atom. The van der Waals surface area contributed by atoms with Crippen LogP contribution in [0.25, 0.3) is 0 Å². The van der Waals surface area contributed by atoms with Crippen molar-refractivity contribution >= 4 is 0 Å². The van der Waals surface area contributed by atoms with Gasteiger partial charge in [0, 0.05) is 0 Å². The van der Waals surface area contributed by atoms with Gasteiger partial charge in [-0.15, -0.1) is 0 Å². The van der Waals surface area contributed by atoms with E-state index in [4.69, 9.17) is 0 Å². The molecule has 0 aromatic carbocycles. The fourth-order valence-electron chi connectivity index (χ4n) is 9.11. The van der Waals surface area contributed by atoms with Crippen molar-refractivity contribution in [1.29, 1.82) is 0 Å². The van der Waals surface area contributed by atoms with Crippen molar-refractivity contribution in [2.45, 2.75) is 117 Å². The molecule has 0 radical (unpaired) electrons. The second-order valence-electron chi connectivity index (χ2n) is 12.5. The summed E-state index contributed by atoms with van der Waals surface area (Å²) in [5, 5.41) is 20.4. The molecule has 2 nitrogen and oxygen atoms in total. The van der Waals surface area contributed by atoms with Crippen molar-refractivity contribution in [3.8, 4) is 0 Å². The first-order valence-electron chi connectivity index (χ1n) is 12.5. The van der Waals surface area contributed by atoms with E-state index in [0.29, 0.717) is 10.8 Å². The predicted octanol–water partition coefficient (Wildman–Crippen LogP) is 6.19. The highest BCUT2D eigenvalue weighted by molar-refractivity contribution is 5.10. The van der Waals surface area contributed by atoms with E-state index in [0.717, 1.165) is 54.8 Å². The summed E-state index contributed by atoms with van der Waals surface area (Å²) in [7, 11) is 0. The van der Waals surface area contributed by atoms with Crippen molar-refractivity contribution in [3.05, 3.63) is 0 Å². The monoisotopic (exact) mass is 390 g/mol. The molecule has 0 aromatic heterocycles. The number of hydrogen-bond acceptors (Lipinski definition) is 2. The fourth-order valence-corrected chi connectivity index (χ4v) is 9.11. The molecule has 28 heavy (non-hydrogen) atoms. The molecule has 4 saturated carbocycles. The number of rotatable bonds is 4. The van der Waals surface area contributed by atoms with Crippen molar-refractivity contribution in [1.82, 2.24) is 0 Å². The van der Waals surface area contributed by atoms with Gasteiger partial charge in [-0.25, -0.2) is 0 Å². The van der Waals surface area contributed by atoms with Gasteiger partial charge < -0.3 is 10.2 Å². The Morgan fingerprint density at radius 1 is 0.821 bits per heavy atom. The first-order valence-corrected chi connectivity index (χ1v) is 12.5. The molecule has 162 valence electrons.